The lowest BCUT2D eigenvalue weighted by atomic mass is 9.82. The maximum Gasteiger partial charge on any atom is 0.240 e. The van der Waals surface area contributed by atoms with Crippen molar-refractivity contribution in [1.29, 1.82) is 0 Å². The van der Waals surface area contributed by atoms with Crippen LogP contribution in [-0.4, -0.2) is 27.7 Å². The van der Waals surface area contributed by atoms with E-state index in [-0.39, 0.29) is 6.10 Å². The van der Waals surface area contributed by atoms with Crippen molar-refractivity contribution in [1.82, 2.24) is 9.97 Å². The van der Waals surface area contributed by atoms with Gasteiger partial charge in [-0.05, 0) is 31.7 Å². The Morgan fingerprint density at radius 2 is 2.26 bits per heavy atom. The quantitative estimate of drug-likeness (QED) is 0.500. The van der Waals surface area contributed by atoms with Crippen molar-refractivity contribution in [2.75, 3.05) is 17.3 Å². The smallest absolute Gasteiger partial charge is 0.240 e. The molecule has 0 aliphatic heterocycles. The van der Waals surface area contributed by atoms with E-state index >= 15 is 0 Å². The molecular weight excluding hydrogens is 262 g/mol. The Balaban J connectivity index is 1.83. The van der Waals surface area contributed by atoms with E-state index in [2.05, 4.69) is 26.8 Å². The molecule has 102 valence electrons. The number of aromatic nitrogens is 2. The highest BCUT2D eigenvalue weighted by Gasteiger charge is 2.27. The van der Waals surface area contributed by atoms with Gasteiger partial charge in [0.15, 0.2) is 0 Å². The highest BCUT2D eigenvalue weighted by Crippen LogP contribution is 2.31. The van der Waals surface area contributed by atoms with E-state index in [4.69, 9.17) is 5.84 Å². The number of hydrogen-bond acceptors (Lipinski definition) is 7. The van der Waals surface area contributed by atoms with E-state index in [9.17, 15) is 5.11 Å². The number of rotatable bonds is 4. The van der Waals surface area contributed by atoms with Gasteiger partial charge in [-0.25, -0.2) is 10.8 Å². The summed E-state index contributed by atoms with van der Waals surface area (Å²) in [6.45, 7) is 2.87. The molecule has 0 spiro atoms. The minimum atomic E-state index is -0.123. The van der Waals surface area contributed by atoms with Gasteiger partial charge in [-0.1, -0.05) is 0 Å². The summed E-state index contributed by atoms with van der Waals surface area (Å²) in [5.41, 5.74) is 2.50. The first kappa shape index (κ1) is 12.6. The first-order chi connectivity index (χ1) is 9.15. The van der Waals surface area contributed by atoms with E-state index in [1.54, 1.807) is 11.3 Å². The normalized spacial score (nSPS) is 22.3. The Bertz CT molecular complexity index is 593. The number of aryl methyl sites for hydroxylation is 1. The Labute approximate surface area is 115 Å². The van der Waals surface area contributed by atoms with Crippen LogP contribution in [0.5, 0.6) is 0 Å². The summed E-state index contributed by atoms with van der Waals surface area (Å²) in [7, 11) is 0. The fourth-order valence-electron chi connectivity index (χ4n) is 2.35. The van der Waals surface area contributed by atoms with Crippen molar-refractivity contribution in [3.8, 4) is 0 Å². The SMILES string of the molecule is Cc1cc2c(NCC3CC(O)C3)nc(NN)nc2s1. The molecule has 1 saturated carbocycles. The molecule has 2 heterocycles. The molecule has 5 N–H and O–H groups in total. The van der Waals surface area contributed by atoms with E-state index in [0.717, 1.165) is 35.4 Å². The molecule has 1 aliphatic carbocycles. The van der Waals surface area contributed by atoms with E-state index in [1.165, 1.54) is 4.88 Å². The number of nitrogens with one attached hydrogen (secondary N) is 2. The molecule has 7 heteroatoms. The minimum Gasteiger partial charge on any atom is -0.393 e. The molecule has 19 heavy (non-hydrogen) atoms. The maximum atomic E-state index is 9.29. The molecule has 0 atom stereocenters. The third-order valence-corrected chi connectivity index (χ3v) is 4.36. The van der Waals surface area contributed by atoms with Crippen molar-refractivity contribution in [3.05, 3.63) is 10.9 Å². The molecular formula is C12H17N5OS. The van der Waals surface area contributed by atoms with E-state index in [0.29, 0.717) is 11.9 Å². The molecule has 0 aromatic carbocycles. The second-order valence-corrected chi connectivity index (χ2v) is 6.22. The first-order valence-corrected chi connectivity index (χ1v) is 7.14. The van der Waals surface area contributed by atoms with Gasteiger partial charge in [0.25, 0.3) is 0 Å². The van der Waals surface area contributed by atoms with Crippen molar-refractivity contribution in [3.63, 3.8) is 0 Å². The maximum absolute atomic E-state index is 9.29. The molecule has 0 unspecified atom stereocenters. The van der Waals surface area contributed by atoms with Crippen molar-refractivity contribution < 1.29 is 5.11 Å². The highest BCUT2D eigenvalue weighted by molar-refractivity contribution is 7.18. The van der Waals surface area contributed by atoms with E-state index < -0.39 is 0 Å². The largest absolute Gasteiger partial charge is 0.393 e. The molecule has 0 amide bonds. The summed E-state index contributed by atoms with van der Waals surface area (Å²) in [5, 5.41) is 13.7. The van der Waals surface area contributed by atoms with Crippen LogP contribution in [0.25, 0.3) is 10.2 Å². The summed E-state index contributed by atoms with van der Waals surface area (Å²) in [6, 6.07) is 2.08. The minimum absolute atomic E-state index is 0.123. The van der Waals surface area contributed by atoms with Crippen LogP contribution in [-0.2, 0) is 0 Å². The zero-order valence-electron chi connectivity index (χ0n) is 10.7. The fourth-order valence-corrected chi connectivity index (χ4v) is 3.23. The summed E-state index contributed by atoms with van der Waals surface area (Å²) >= 11 is 1.62. The lowest BCUT2D eigenvalue weighted by molar-refractivity contribution is 0.0487. The molecule has 0 radical (unpaired) electrons. The van der Waals surface area contributed by atoms with Gasteiger partial charge < -0.3 is 10.4 Å². The van der Waals surface area contributed by atoms with E-state index in [1.807, 2.05) is 6.92 Å². The Morgan fingerprint density at radius 3 is 2.95 bits per heavy atom. The molecule has 2 aromatic heterocycles. The third-order valence-electron chi connectivity index (χ3n) is 3.41. The molecule has 1 fully saturated rings. The van der Waals surface area contributed by atoms with Gasteiger partial charge in [0.2, 0.25) is 5.95 Å². The topological polar surface area (TPSA) is 96.1 Å². The summed E-state index contributed by atoms with van der Waals surface area (Å²) in [5.74, 6) is 7.15. The number of aliphatic hydroxyl groups excluding tert-OH is 1. The standard InChI is InChI=1S/C12H17N5OS/c1-6-2-9-10(14-5-7-3-8(18)4-7)15-12(17-13)16-11(9)19-6/h2,7-8,18H,3-5,13H2,1H3,(H2,14,15,16,17). The van der Waals surface area contributed by atoms with Crippen molar-refractivity contribution >= 4 is 33.3 Å². The zero-order valence-corrected chi connectivity index (χ0v) is 11.5. The van der Waals surface area contributed by atoms with Crippen LogP contribution in [0.2, 0.25) is 0 Å². The van der Waals surface area contributed by atoms with Gasteiger partial charge >= 0.3 is 0 Å². The number of fused-ring (bicyclic) bond motifs is 1. The van der Waals surface area contributed by atoms with Crippen LogP contribution in [0.15, 0.2) is 6.07 Å². The number of nitrogens with two attached hydrogens (primary N) is 1. The summed E-state index contributed by atoms with van der Waals surface area (Å²) in [4.78, 5) is 10.8. The van der Waals surface area contributed by atoms with Gasteiger partial charge in [-0.15, -0.1) is 11.3 Å². The average Bonchev–Trinajstić information content (AvgIpc) is 2.72. The number of nitrogen functional groups attached to an aromatic ring is 1. The Morgan fingerprint density at radius 1 is 1.47 bits per heavy atom. The Hall–Kier alpha value is -1.44. The lowest BCUT2D eigenvalue weighted by Gasteiger charge is -2.31. The summed E-state index contributed by atoms with van der Waals surface area (Å²) in [6.07, 6.45) is 1.61. The second-order valence-electron chi connectivity index (χ2n) is 4.99. The fraction of sp³-hybridized carbons (Fsp3) is 0.500. The van der Waals surface area contributed by atoms with Gasteiger partial charge in [0.1, 0.15) is 10.6 Å². The number of aliphatic hydroxyl groups is 1. The predicted octanol–water partition coefficient (Wildman–Crippen LogP) is 1.47. The van der Waals surface area contributed by atoms with Crippen LogP contribution in [0.4, 0.5) is 11.8 Å². The Kier molecular flexibility index (Phi) is 3.26. The third kappa shape index (κ3) is 2.49. The number of thiophene rings is 1. The van der Waals surface area contributed by atoms with Gasteiger partial charge in [0, 0.05) is 11.4 Å². The average molecular weight is 279 g/mol. The second kappa shape index (κ2) is 4.92. The van der Waals surface area contributed by atoms with Gasteiger partial charge in [-0.2, -0.15) is 4.98 Å². The van der Waals surface area contributed by atoms with Crippen LogP contribution < -0.4 is 16.6 Å². The van der Waals surface area contributed by atoms with Gasteiger partial charge in [0.05, 0.1) is 11.5 Å². The van der Waals surface area contributed by atoms with Crippen molar-refractivity contribution in [2.45, 2.75) is 25.9 Å². The zero-order chi connectivity index (χ0) is 13.4. The predicted molar refractivity (Wildman–Crippen MR) is 77.2 cm³/mol. The molecule has 2 aromatic rings. The first-order valence-electron chi connectivity index (χ1n) is 6.32. The van der Waals surface area contributed by atoms with Crippen LogP contribution >= 0.6 is 11.3 Å². The molecule has 6 nitrogen and oxygen atoms in total. The lowest BCUT2D eigenvalue weighted by Crippen LogP contribution is -2.33. The number of nitrogens with zero attached hydrogens (tertiary/aromatic N) is 2. The summed E-state index contributed by atoms with van der Waals surface area (Å²) < 4.78 is 0. The van der Waals surface area contributed by atoms with Crippen LogP contribution in [0, 0.1) is 12.8 Å². The number of hydrogen-bond donors (Lipinski definition) is 4. The number of anilines is 2. The van der Waals surface area contributed by atoms with Crippen LogP contribution in [0.1, 0.15) is 17.7 Å². The van der Waals surface area contributed by atoms with Crippen molar-refractivity contribution in [2.24, 2.45) is 11.8 Å². The van der Waals surface area contributed by atoms with Crippen LogP contribution in [0.3, 0.4) is 0 Å². The highest BCUT2D eigenvalue weighted by atomic mass is 32.1. The number of hydrazine groups is 1. The molecule has 0 bridgehead atoms. The molecule has 0 saturated heterocycles. The monoisotopic (exact) mass is 279 g/mol. The molecule has 3 rings (SSSR count). The van der Waals surface area contributed by atoms with Gasteiger partial charge in [-0.3, -0.25) is 5.43 Å². The molecule has 1 aliphatic rings.